The van der Waals surface area contributed by atoms with Gasteiger partial charge in [0.1, 0.15) is 0 Å². The van der Waals surface area contributed by atoms with Crippen molar-refractivity contribution in [3.63, 3.8) is 0 Å². The lowest BCUT2D eigenvalue weighted by molar-refractivity contribution is 0.551. The fraction of sp³-hybridized carbons (Fsp3) is 0.438. The van der Waals surface area contributed by atoms with Crippen LogP contribution in [0.5, 0.6) is 0 Å². The Bertz CT molecular complexity index is 561. The Kier molecular flexibility index (Phi) is 5.21. The molecule has 0 radical (unpaired) electrons. The quantitative estimate of drug-likeness (QED) is 0.880. The molecule has 3 nitrogen and oxygen atoms in total. The first-order valence-corrected chi connectivity index (χ1v) is 7.41. The maximum atomic E-state index is 6.20. The lowest BCUT2D eigenvalue weighted by atomic mass is 10.2. The molecule has 20 heavy (non-hydrogen) atoms. The summed E-state index contributed by atoms with van der Waals surface area (Å²) in [5.41, 5.74) is 3.54. The van der Waals surface area contributed by atoms with E-state index in [0.29, 0.717) is 5.92 Å². The van der Waals surface area contributed by atoms with Crippen molar-refractivity contribution in [1.29, 1.82) is 0 Å². The summed E-state index contributed by atoms with van der Waals surface area (Å²) in [6.07, 6.45) is 1.94. The lowest BCUT2D eigenvalue weighted by Crippen LogP contribution is -2.19. The molecule has 0 fully saturated rings. The summed E-state index contributed by atoms with van der Waals surface area (Å²) in [5.74, 6) is 0.661. The highest BCUT2D eigenvalue weighted by Gasteiger charge is 2.08. The molecule has 0 saturated carbocycles. The molecule has 108 valence electrons. The highest BCUT2D eigenvalue weighted by Crippen LogP contribution is 2.17. The summed E-state index contributed by atoms with van der Waals surface area (Å²) >= 11 is 6.20. The van der Waals surface area contributed by atoms with E-state index >= 15 is 0 Å². The molecule has 1 N–H and O–H groups in total. The van der Waals surface area contributed by atoms with Crippen molar-refractivity contribution < 1.29 is 0 Å². The van der Waals surface area contributed by atoms with Gasteiger partial charge in [-0.25, -0.2) is 0 Å². The van der Waals surface area contributed by atoms with Crippen molar-refractivity contribution in [2.45, 2.75) is 33.9 Å². The Morgan fingerprint density at radius 1 is 1.25 bits per heavy atom. The van der Waals surface area contributed by atoms with Crippen LogP contribution in [0.15, 0.2) is 30.5 Å². The Hall–Kier alpha value is -1.32. The van der Waals surface area contributed by atoms with Crippen molar-refractivity contribution in [1.82, 2.24) is 15.1 Å². The molecule has 1 aromatic carbocycles. The van der Waals surface area contributed by atoms with Crippen LogP contribution >= 0.6 is 11.6 Å². The van der Waals surface area contributed by atoms with E-state index in [1.54, 1.807) is 0 Å². The fourth-order valence-electron chi connectivity index (χ4n) is 2.10. The predicted octanol–water partition coefficient (Wildman–Crippen LogP) is 3.64. The minimum atomic E-state index is 0.661. The van der Waals surface area contributed by atoms with E-state index in [0.717, 1.165) is 30.2 Å². The second-order valence-corrected chi connectivity index (χ2v) is 5.94. The standard InChI is InChI=1S/C16H22ClN3/c1-12(2)8-18-9-15-10-19-20(13(15)3)11-14-6-4-5-7-16(14)17/h4-7,10,12,18H,8-9,11H2,1-3H3. The lowest BCUT2D eigenvalue weighted by Gasteiger charge is -2.09. The summed E-state index contributed by atoms with van der Waals surface area (Å²) < 4.78 is 2.01. The Labute approximate surface area is 126 Å². The van der Waals surface area contributed by atoms with Crippen LogP contribution in [-0.4, -0.2) is 16.3 Å². The Morgan fingerprint density at radius 2 is 2.00 bits per heavy atom. The zero-order valence-electron chi connectivity index (χ0n) is 12.4. The predicted molar refractivity (Wildman–Crippen MR) is 84.1 cm³/mol. The summed E-state index contributed by atoms with van der Waals surface area (Å²) in [6.45, 7) is 9.13. The van der Waals surface area contributed by atoms with Gasteiger partial charge in [0.25, 0.3) is 0 Å². The van der Waals surface area contributed by atoms with Crippen LogP contribution in [0.3, 0.4) is 0 Å². The molecule has 0 aliphatic rings. The number of hydrogen-bond acceptors (Lipinski definition) is 2. The van der Waals surface area contributed by atoms with Gasteiger partial charge in [-0.1, -0.05) is 43.6 Å². The van der Waals surface area contributed by atoms with E-state index in [9.17, 15) is 0 Å². The van der Waals surface area contributed by atoms with Crippen molar-refractivity contribution >= 4 is 11.6 Å². The molecule has 0 spiro atoms. The average Bonchev–Trinajstić information content (AvgIpc) is 2.74. The first-order chi connectivity index (χ1) is 9.58. The summed E-state index contributed by atoms with van der Waals surface area (Å²) in [7, 11) is 0. The van der Waals surface area contributed by atoms with Crippen molar-refractivity contribution in [2.75, 3.05) is 6.54 Å². The molecule has 2 rings (SSSR count). The minimum Gasteiger partial charge on any atom is -0.312 e. The molecular formula is C16H22ClN3. The third-order valence-electron chi connectivity index (χ3n) is 3.35. The van der Waals surface area contributed by atoms with E-state index in [2.05, 4.69) is 31.2 Å². The normalized spacial score (nSPS) is 11.2. The van der Waals surface area contributed by atoms with Gasteiger partial charge in [0.2, 0.25) is 0 Å². The second-order valence-electron chi connectivity index (χ2n) is 5.53. The van der Waals surface area contributed by atoms with Crippen molar-refractivity contribution in [3.05, 3.63) is 52.3 Å². The van der Waals surface area contributed by atoms with E-state index in [-0.39, 0.29) is 0 Å². The monoisotopic (exact) mass is 291 g/mol. The smallest absolute Gasteiger partial charge is 0.0677 e. The molecule has 0 atom stereocenters. The van der Waals surface area contributed by atoms with Crippen LogP contribution in [0.1, 0.15) is 30.7 Å². The van der Waals surface area contributed by atoms with Gasteiger partial charge in [0.15, 0.2) is 0 Å². The van der Waals surface area contributed by atoms with Gasteiger partial charge in [-0.05, 0) is 31.0 Å². The number of rotatable bonds is 6. The van der Waals surface area contributed by atoms with E-state index < -0.39 is 0 Å². The maximum absolute atomic E-state index is 6.20. The van der Waals surface area contributed by atoms with E-state index in [4.69, 9.17) is 11.6 Å². The Balaban J connectivity index is 2.03. The molecule has 0 bridgehead atoms. The Morgan fingerprint density at radius 3 is 2.70 bits per heavy atom. The van der Waals surface area contributed by atoms with Crippen LogP contribution in [0.25, 0.3) is 0 Å². The topological polar surface area (TPSA) is 29.9 Å². The number of aromatic nitrogens is 2. The van der Waals surface area contributed by atoms with Crippen LogP contribution in [0, 0.1) is 12.8 Å². The molecule has 2 aromatic rings. The minimum absolute atomic E-state index is 0.661. The molecule has 0 aliphatic heterocycles. The zero-order chi connectivity index (χ0) is 14.5. The van der Waals surface area contributed by atoms with Crippen LogP contribution in [0.2, 0.25) is 5.02 Å². The highest BCUT2D eigenvalue weighted by atomic mass is 35.5. The molecule has 1 heterocycles. The fourth-order valence-corrected chi connectivity index (χ4v) is 2.30. The van der Waals surface area contributed by atoms with Gasteiger partial charge >= 0.3 is 0 Å². The van der Waals surface area contributed by atoms with Crippen LogP contribution < -0.4 is 5.32 Å². The molecule has 1 aromatic heterocycles. The maximum Gasteiger partial charge on any atom is 0.0677 e. The molecule has 0 aliphatic carbocycles. The molecule has 0 unspecified atom stereocenters. The van der Waals surface area contributed by atoms with Gasteiger partial charge in [0.05, 0.1) is 12.7 Å². The number of nitrogens with one attached hydrogen (secondary N) is 1. The largest absolute Gasteiger partial charge is 0.312 e. The summed E-state index contributed by atoms with van der Waals surface area (Å²) in [6, 6.07) is 7.91. The first kappa shape index (κ1) is 15.1. The number of nitrogens with zero attached hydrogens (tertiary/aromatic N) is 2. The third-order valence-corrected chi connectivity index (χ3v) is 3.72. The van der Waals surface area contributed by atoms with Gasteiger partial charge in [0, 0.05) is 22.8 Å². The van der Waals surface area contributed by atoms with E-state index in [1.807, 2.05) is 35.1 Å². The summed E-state index contributed by atoms with van der Waals surface area (Å²) in [5, 5.41) is 8.71. The van der Waals surface area contributed by atoms with Crippen molar-refractivity contribution in [2.24, 2.45) is 5.92 Å². The zero-order valence-corrected chi connectivity index (χ0v) is 13.1. The average molecular weight is 292 g/mol. The number of benzene rings is 1. The number of halogens is 1. The first-order valence-electron chi connectivity index (χ1n) is 7.03. The van der Waals surface area contributed by atoms with Crippen LogP contribution in [-0.2, 0) is 13.1 Å². The summed E-state index contributed by atoms with van der Waals surface area (Å²) in [4.78, 5) is 0. The van der Waals surface area contributed by atoms with Crippen LogP contribution in [0.4, 0.5) is 0 Å². The molecule has 4 heteroatoms. The molecular weight excluding hydrogens is 270 g/mol. The molecule has 0 saturated heterocycles. The second kappa shape index (κ2) is 6.91. The van der Waals surface area contributed by atoms with Gasteiger partial charge in [-0.3, -0.25) is 4.68 Å². The van der Waals surface area contributed by atoms with Crippen molar-refractivity contribution in [3.8, 4) is 0 Å². The van der Waals surface area contributed by atoms with Gasteiger partial charge in [-0.2, -0.15) is 5.10 Å². The SMILES string of the molecule is Cc1c(CNCC(C)C)cnn1Cc1ccccc1Cl. The van der Waals surface area contributed by atoms with Gasteiger partial charge in [-0.15, -0.1) is 0 Å². The van der Waals surface area contributed by atoms with Gasteiger partial charge < -0.3 is 5.32 Å². The highest BCUT2D eigenvalue weighted by molar-refractivity contribution is 6.31. The molecule has 0 amide bonds. The van der Waals surface area contributed by atoms with E-state index in [1.165, 1.54) is 11.3 Å². The number of hydrogen-bond donors (Lipinski definition) is 1. The third kappa shape index (κ3) is 3.84.